The standard InChI is InChI=1S/C12H15ClN2O4/c1-2-3-6-14-12(16)8-19-11-5-4-9(13)7-10(11)15(17)18/h4-5,7H,2-3,6,8H2,1H3,(H,14,16). The number of carbonyl (C=O) groups is 1. The Morgan fingerprint density at radius 2 is 2.26 bits per heavy atom. The van der Waals surface area contributed by atoms with Crippen LogP contribution in [-0.2, 0) is 4.79 Å². The molecule has 1 aromatic carbocycles. The number of nitrogens with zero attached hydrogens (tertiary/aromatic N) is 1. The van der Waals surface area contributed by atoms with Gasteiger partial charge in [0.2, 0.25) is 0 Å². The highest BCUT2D eigenvalue weighted by Gasteiger charge is 2.16. The number of carbonyl (C=O) groups excluding carboxylic acids is 1. The summed E-state index contributed by atoms with van der Waals surface area (Å²) < 4.78 is 5.13. The van der Waals surface area contributed by atoms with E-state index in [1.807, 2.05) is 6.92 Å². The van der Waals surface area contributed by atoms with Gasteiger partial charge in [-0.25, -0.2) is 0 Å². The lowest BCUT2D eigenvalue weighted by Crippen LogP contribution is -2.29. The van der Waals surface area contributed by atoms with Crippen LogP contribution in [0.4, 0.5) is 5.69 Å². The van der Waals surface area contributed by atoms with E-state index < -0.39 is 4.92 Å². The Balaban J connectivity index is 2.57. The normalized spacial score (nSPS) is 10.0. The van der Waals surface area contributed by atoms with E-state index in [1.165, 1.54) is 18.2 Å². The molecule has 0 saturated carbocycles. The molecule has 0 fully saturated rings. The van der Waals surface area contributed by atoms with Gasteiger partial charge in [0.15, 0.2) is 12.4 Å². The number of halogens is 1. The molecule has 0 aromatic heterocycles. The van der Waals surface area contributed by atoms with Crippen molar-refractivity contribution in [3.63, 3.8) is 0 Å². The van der Waals surface area contributed by atoms with Gasteiger partial charge in [0.05, 0.1) is 4.92 Å². The Kier molecular flexibility index (Phi) is 6.08. The van der Waals surface area contributed by atoms with Crippen molar-refractivity contribution in [3.8, 4) is 5.75 Å². The van der Waals surface area contributed by atoms with E-state index in [0.717, 1.165) is 12.8 Å². The van der Waals surface area contributed by atoms with Crippen LogP contribution in [0.3, 0.4) is 0 Å². The Morgan fingerprint density at radius 1 is 1.53 bits per heavy atom. The van der Waals surface area contributed by atoms with Gasteiger partial charge in [0.25, 0.3) is 5.91 Å². The fourth-order valence-electron chi connectivity index (χ4n) is 1.35. The predicted octanol–water partition coefficient (Wildman–Crippen LogP) is 2.54. The summed E-state index contributed by atoms with van der Waals surface area (Å²) in [6, 6.07) is 4.03. The zero-order chi connectivity index (χ0) is 14.3. The number of rotatable bonds is 7. The minimum Gasteiger partial charge on any atom is -0.477 e. The third-order valence-electron chi connectivity index (χ3n) is 2.33. The first kappa shape index (κ1) is 15.2. The molecule has 0 unspecified atom stereocenters. The fraction of sp³-hybridized carbons (Fsp3) is 0.417. The highest BCUT2D eigenvalue weighted by atomic mass is 35.5. The lowest BCUT2D eigenvalue weighted by atomic mass is 10.3. The topological polar surface area (TPSA) is 81.5 Å². The van der Waals surface area contributed by atoms with E-state index in [2.05, 4.69) is 5.32 Å². The first-order valence-corrected chi connectivity index (χ1v) is 6.25. The lowest BCUT2D eigenvalue weighted by Gasteiger charge is -2.07. The summed E-state index contributed by atoms with van der Waals surface area (Å²) in [6.45, 7) is 2.33. The van der Waals surface area contributed by atoms with Crippen molar-refractivity contribution in [1.29, 1.82) is 0 Å². The first-order valence-electron chi connectivity index (χ1n) is 5.88. The van der Waals surface area contributed by atoms with E-state index in [-0.39, 0.29) is 29.0 Å². The minimum atomic E-state index is -0.601. The molecule has 1 N–H and O–H groups in total. The summed E-state index contributed by atoms with van der Waals surface area (Å²) in [4.78, 5) is 21.6. The van der Waals surface area contributed by atoms with Crippen molar-refractivity contribution < 1.29 is 14.5 Å². The summed E-state index contributed by atoms with van der Waals surface area (Å²) in [5.74, 6) is -0.280. The van der Waals surface area contributed by atoms with Gasteiger partial charge < -0.3 is 10.1 Å². The first-order chi connectivity index (χ1) is 9.04. The van der Waals surface area contributed by atoms with E-state index in [4.69, 9.17) is 16.3 Å². The molecule has 0 radical (unpaired) electrons. The molecule has 1 rings (SSSR count). The number of nitro benzene ring substituents is 1. The third-order valence-corrected chi connectivity index (χ3v) is 2.56. The molecule has 0 aliphatic carbocycles. The number of nitrogens with one attached hydrogen (secondary N) is 1. The van der Waals surface area contributed by atoms with Crippen LogP contribution in [0.1, 0.15) is 19.8 Å². The molecule has 0 heterocycles. The lowest BCUT2D eigenvalue weighted by molar-refractivity contribution is -0.385. The number of hydrogen-bond donors (Lipinski definition) is 1. The quantitative estimate of drug-likeness (QED) is 0.474. The SMILES string of the molecule is CCCCNC(=O)COc1ccc(Cl)cc1[N+](=O)[O-]. The van der Waals surface area contributed by atoms with E-state index in [0.29, 0.717) is 6.54 Å². The van der Waals surface area contributed by atoms with Gasteiger partial charge in [-0.2, -0.15) is 0 Å². The average molecular weight is 287 g/mol. The molecular weight excluding hydrogens is 272 g/mol. The van der Waals surface area contributed by atoms with E-state index in [1.54, 1.807) is 0 Å². The summed E-state index contributed by atoms with van der Waals surface area (Å²) in [7, 11) is 0. The molecule has 0 bridgehead atoms. The Morgan fingerprint density at radius 3 is 2.89 bits per heavy atom. The zero-order valence-corrected chi connectivity index (χ0v) is 11.3. The molecule has 7 heteroatoms. The van der Waals surface area contributed by atoms with Crippen molar-refractivity contribution >= 4 is 23.2 Å². The molecule has 1 aromatic rings. The van der Waals surface area contributed by atoms with Crippen LogP contribution in [0.15, 0.2) is 18.2 Å². The number of hydrogen-bond acceptors (Lipinski definition) is 4. The number of amides is 1. The second kappa shape index (κ2) is 7.58. The van der Waals surface area contributed by atoms with Crippen LogP contribution in [-0.4, -0.2) is 24.0 Å². The van der Waals surface area contributed by atoms with E-state index in [9.17, 15) is 14.9 Å². The molecule has 1 amide bonds. The van der Waals surface area contributed by atoms with Gasteiger partial charge in [0.1, 0.15) is 0 Å². The van der Waals surface area contributed by atoms with Crippen molar-refractivity contribution in [3.05, 3.63) is 33.3 Å². The maximum atomic E-state index is 11.4. The number of nitro groups is 1. The minimum absolute atomic E-state index is 0.0278. The number of benzene rings is 1. The van der Waals surface area contributed by atoms with Crippen LogP contribution in [0, 0.1) is 10.1 Å². The largest absolute Gasteiger partial charge is 0.477 e. The van der Waals surface area contributed by atoms with Crippen LogP contribution in [0.5, 0.6) is 5.75 Å². The Hall–Kier alpha value is -1.82. The van der Waals surface area contributed by atoms with Crippen LogP contribution in [0.2, 0.25) is 5.02 Å². The highest BCUT2D eigenvalue weighted by Crippen LogP contribution is 2.29. The van der Waals surface area contributed by atoms with Crippen molar-refractivity contribution in [2.75, 3.05) is 13.2 Å². The molecule has 104 valence electrons. The van der Waals surface area contributed by atoms with Crippen LogP contribution < -0.4 is 10.1 Å². The average Bonchev–Trinajstić information content (AvgIpc) is 2.37. The van der Waals surface area contributed by atoms with Gasteiger partial charge in [-0.3, -0.25) is 14.9 Å². The Bertz CT molecular complexity index is 465. The molecular formula is C12H15ClN2O4. The molecule has 0 aliphatic rings. The number of unbranched alkanes of at least 4 members (excludes halogenated alkanes) is 1. The molecule has 0 saturated heterocycles. The molecule has 0 spiro atoms. The van der Waals surface area contributed by atoms with Crippen molar-refractivity contribution in [2.24, 2.45) is 0 Å². The highest BCUT2D eigenvalue weighted by molar-refractivity contribution is 6.30. The summed E-state index contributed by atoms with van der Waals surface area (Å²) in [5, 5.41) is 13.7. The zero-order valence-electron chi connectivity index (χ0n) is 10.5. The fourth-order valence-corrected chi connectivity index (χ4v) is 1.52. The smallest absolute Gasteiger partial charge is 0.312 e. The maximum absolute atomic E-state index is 11.4. The van der Waals surface area contributed by atoms with Crippen LogP contribution >= 0.6 is 11.6 Å². The molecule has 19 heavy (non-hydrogen) atoms. The van der Waals surface area contributed by atoms with Gasteiger partial charge in [-0.05, 0) is 18.6 Å². The second-order valence-electron chi connectivity index (χ2n) is 3.86. The summed E-state index contributed by atoms with van der Waals surface area (Å²) in [6.07, 6.45) is 1.86. The van der Waals surface area contributed by atoms with Gasteiger partial charge in [0, 0.05) is 17.6 Å². The maximum Gasteiger partial charge on any atom is 0.312 e. The molecule has 0 aliphatic heterocycles. The monoisotopic (exact) mass is 286 g/mol. The molecule has 0 atom stereocenters. The van der Waals surface area contributed by atoms with Gasteiger partial charge in [-0.15, -0.1) is 0 Å². The summed E-state index contributed by atoms with van der Waals surface area (Å²) in [5.41, 5.74) is -0.256. The number of ether oxygens (including phenoxy) is 1. The van der Waals surface area contributed by atoms with Crippen LogP contribution in [0.25, 0.3) is 0 Å². The van der Waals surface area contributed by atoms with E-state index >= 15 is 0 Å². The third kappa shape index (κ3) is 5.13. The van der Waals surface area contributed by atoms with Gasteiger partial charge in [-0.1, -0.05) is 24.9 Å². The molecule has 6 nitrogen and oxygen atoms in total. The van der Waals surface area contributed by atoms with Crippen molar-refractivity contribution in [2.45, 2.75) is 19.8 Å². The predicted molar refractivity (Wildman–Crippen MR) is 71.5 cm³/mol. The second-order valence-corrected chi connectivity index (χ2v) is 4.30. The van der Waals surface area contributed by atoms with Crippen molar-refractivity contribution in [1.82, 2.24) is 5.32 Å². The Labute approximate surface area is 115 Å². The summed E-state index contributed by atoms with van der Waals surface area (Å²) >= 11 is 5.67. The van der Waals surface area contributed by atoms with Gasteiger partial charge >= 0.3 is 5.69 Å².